The van der Waals surface area contributed by atoms with Crippen LogP contribution in [0.1, 0.15) is 48.7 Å². The number of nitrogens with one attached hydrogen (secondary N) is 1. The maximum atomic E-state index is 13.7. The van der Waals surface area contributed by atoms with E-state index in [1.54, 1.807) is 48.1 Å². The minimum atomic E-state index is -3.55. The zero-order valence-electron chi connectivity index (χ0n) is 24.4. The summed E-state index contributed by atoms with van der Waals surface area (Å²) >= 11 is 0. The number of alkyl halides is 2. The van der Waals surface area contributed by atoms with E-state index in [1.165, 1.54) is 0 Å². The Kier molecular flexibility index (Phi) is 8.22. The smallest absolute Gasteiger partial charge is 0.321 e. The van der Waals surface area contributed by atoms with Gasteiger partial charge in [-0.25, -0.2) is 4.68 Å². The molecule has 9 nitrogen and oxygen atoms in total. The summed E-state index contributed by atoms with van der Waals surface area (Å²) in [5.41, 5.74) is 2.76. The Morgan fingerprint density at radius 2 is 1.89 bits per heavy atom. The quantitative estimate of drug-likeness (QED) is 0.232. The Balaban J connectivity index is 1.26. The highest BCUT2D eigenvalue weighted by Gasteiger charge is 2.35. The van der Waals surface area contributed by atoms with Crippen molar-refractivity contribution >= 4 is 22.6 Å². The number of ether oxygens (including phenoxy) is 4. The lowest BCUT2D eigenvalue weighted by Crippen LogP contribution is -2.46. The number of halogens is 2. The van der Waals surface area contributed by atoms with Crippen LogP contribution in [-0.4, -0.2) is 59.9 Å². The van der Waals surface area contributed by atoms with Crippen LogP contribution in [0.5, 0.6) is 17.2 Å². The van der Waals surface area contributed by atoms with E-state index in [1.807, 2.05) is 30.3 Å². The summed E-state index contributed by atoms with van der Waals surface area (Å²) in [6.07, 6.45) is 2.20. The van der Waals surface area contributed by atoms with Crippen molar-refractivity contribution in [1.82, 2.24) is 15.1 Å². The average molecular weight is 606 g/mol. The second kappa shape index (κ2) is 12.2. The normalized spacial score (nSPS) is 17.7. The predicted octanol–water partition coefficient (Wildman–Crippen LogP) is 5.69. The summed E-state index contributed by atoms with van der Waals surface area (Å²) in [5, 5.41) is 7.70. The Morgan fingerprint density at radius 3 is 2.66 bits per heavy atom. The van der Waals surface area contributed by atoms with E-state index in [0.717, 1.165) is 23.0 Å². The third-order valence-corrected chi connectivity index (χ3v) is 7.82. The lowest BCUT2D eigenvalue weighted by atomic mass is 9.97. The zero-order valence-corrected chi connectivity index (χ0v) is 24.4. The molecule has 4 aromatic rings. The van der Waals surface area contributed by atoms with Gasteiger partial charge in [-0.3, -0.25) is 9.59 Å². The second-order valence-corrected chi connectivity index (χ2v) is 11.3. The number of hydrogen-bond donors (Lipinski definition) is 1. The summed E-state index contributed by atoms with van der Waals surface area (Å²) < 4.78 is 52.3. The first-order valence-corrected chi connectivity index (χ1v) is 14.6. The van der Waals surface area contributed by atoms with Gasteiger partial charge >= 0.3 is 5.92 Å². The number of amides is 1. The number of fused-ring (bicyclic) bond motifs is 2. The molecule has 0 radical (unpaired) electrons. The SMILES string of the molecule is C[C@H](NC(=O)C(C)(F)F)[C@H](Oc1ccc2c(cnn2-c2cccc(C(=O)C[C@@H]3CCOC3)c2)c1)c1ccc2c(c1)OCCO2. The highest BCUT2D eigenvalue weighted by atomic mass is 19.3. The van der Waals surface area contributed by atoms with Crippen molar-refractivity contribution in [3.63, 3.8) is 0 Å². The van der Waals surface area contributed by atoms with Gasteiger partial charge in [0.25, 0.3) is 5.91 Å². The topological polar surface area (TPSA) is 101 Å². The number of aromatic nitrogens is 2. The van der Waals surface area contributed by atoms with Gasteiger partial charge in [0.1, 0.15) is 25.1 Å². The Bertz CT molecular complexity index is 1680. The summed E-state index contributed by atoms with van der Waals surface area (Å²) in [5.74, 6) is -3.10. The predicted molar refractivity (Wildman–Crippen MR) is 158 cm³/mol. The molecule has 3 atom stereocenters. The van der Waals surface area contributed by atoms with Gasteiger partial charge in [-0.1, -0.05) is 18.2 Å². The fraction of sp³-hybridized carbons (Fsp3) is 0.364. The van der Waals surface area contributed by atoms with Gasteiger partial charge in [0.2, 0.25) is 0 Å². The number of Topliss-reactive ketones (excluding diaryl/α,β-unsaturated/α-hetero) is 1. The Labute approximate surface area is 253 Å². The first-order valence-electron chi connectivity index (χ1n) is 14.6. The number of hydrogen-bond acceptors (Lipinski definition) is 7. The number of carbonyl (C=O) groups excluding carboxylic acids is 2. The van der Waals surface area contributed by atoms with Crippen LogP contribution in [-0.2, 0) is 9.53 Å². The molecule has 0 bridgehead atoms. The molecule has 0 saturated carbocycles. The first-order chi connectivity index (χ1) is 21.2. The van der Waals surface area contributed by atoms with Crippen LogP contribution in [0.15, 0.2) is 66.9 Å². The lowest BCUT2D eigenvalue weighted by Gasteiger charge is -2.28. The molecule has 3 heterocycles. The van der Waals surface area contributed by atoms with Gasteiger partial charge in [-0.2, -0.15) is 13.9 Å². The van der Waals surface area contributed by atoms with E-state index >= 15 is 0 Å². The van der Waals surface area contributed by atoms with Crippen molar-refractivity contribution in [2.24, 2.45) is 5.92 Å². The van der Waals surface area contributed by atoms with Crippen LogP contribution in [0.3, 0.4) is 0 Å². The van der Waals surface area contributed by atoms with Crippen LogP contribution < -0.4 is 19.5 Å². The van der Waals surface area contributed by atoms with Gasteiger partial charge in [-0.15, -0.1) is 0 Å². The van der Waals surface area contributed by atoms with Crippen LogP contribution >= 0.6 is 0 Å². The second-order valence-electron chi connectivity index (χ2n) is 11.3. The van der Waals surface area contributed by atoms with E-state index in [0.29, 0.717) is 68.1 Å². The van der Waals surface area contributed by atoms with Gasteiger partial charge in [0, 0.05) is 37.5 Å². The molecule has 1 fully saturated rings. The van der Waals surface area contributed by atoms with Gasteiger partial charge in [0.05, 0.1) is 23.4 Å². The van der Waals surface area contributed by atoms with Crippen LogP contribution in [0, 0.1) is 5.92 Å². The molecular formula is C33H33F2N3O6. The van der Waals surface area contributed by atoms with Crippen molar-refractivity contribution < 1.29 is 37.3 Å². The Hall–Kier alpha value is -4.51. The molecule has 0 unspecified atom stereocenters. The lowest BCUT2D eigenvalue weighted by molar-refractivity contribution is -0.144. The van der Waals surface area contributed by atoms with Crippen molar-refractivity contribution in [2.75, 3.05) is 26.4 Å². The molecular weight excluding hydrogens is 572 g/mol. The summed E-state index contributed by atoms with van der Waals surface area (Å²) in [4.78, 5) is 25.1. The Morgan fingerprint density at radius 1 is 1.07 bits per heavy atom. The van der Waals surface area contributed by atoms with Crippen LogP contribution in [0.2, 0.25) is 0 Å². The molecule has 0 aliphatic carbocycles. The monoisotopic (exact) mass is 605 g/mol. The van der Waals surface area contributed by atoms with Crippen LogP contribution in [0.25, 0.3) is 16.6 Å². The third-order valence-electron chi connectivity index (χ3n) is 7.82. The van der Waals surface area contributed by atoms with Gasteiger partial charge < -0.3 is 24.3 Å². The van der Waals surface area contributed by atoms with E-state index in [9.17, 15) is 18.4 Å². The van der Waals surface area contributed by atoms with E-state index in [-0.39, 0.29) is 11.7 Å². The molecule has 1 amide bonds. The largest absolute Gasteiger partial charge is 0.486 e. The maximum Gasteiger partial charge on any atom is 0.321 e. The highest BCUT2D eigenvalue weighted by molar-refractivity contribution is 5.97. The molecule has 230 valence electrons. The van der Waals surface area contributed by atoms with Gasteiger partial charge in [-0.05, 0) is 67.3 Å². The van der Waals surface area contributed by atoms with E-state index in [4.69, 9.17) is 18.9 Å². The number of benzene rings is 3. The number of rotatable bonds is 10. The molecule has 1 N–H and O–H groups in total. The number of carbonyl (C=O) groups is 2. The van der Waals surface area contributed by atoms with Crippen molar-refractivity contribution in [3.05, 3.63) is 78.0 Å². The molecule has 0 spiro atoms. The van der Waals surface area contributed by atoms with Crippen LogP contribution in [0.4, 0.5) is 8.78 Å². The summed E-state index contributed by atoms with van der Waals surface area (Å²) in [6, 6.07) is 17.2. The minimum absolute atomic E-state index is 0.0710. The number of nitrogens with zero attached hydrogens (tertiary/aromatic N) is 2. The van der Waals surface area contributed by atoms with Crippen molar-refractivity contribution in [2.45, 2.75) is 44.8 Å². The molecule has 2 aliphatic rings. The first kappa shape index (κ1) is 29.6. The fourth-order valence-electron chi connectivity index (χ4n) is 5.48. The molecule has 6 rings (SSSR count). The van der Waals surface area contributed by atoms with E-state index < -0.39 is 24.0 Å². The minimum Gasteiger partial charge on any atom is -0.486 e. The van der Waals surface area contributed by atoms with Crippen molar-refractivity contribution in [3.8, 4) is 22.9 Å². The summed E-state index contributed by atoms with van der Waals surface area (Å²) in [7, 11) is 0. The fourth-order valence-corrected chi connectivity index (χ4v) is 5.48. The molecule has 2 aliphatic heterocycles. The molecule has 1 aromatic heterocycles. The third kappa shape index (κ3) is 6.37. The number of ketones is 1. The van der Waals surface area contributed by atoms with Crippen molar-refractivity contribution in [1.29, 1.82) is 0 Å². The molecule has 1 saturated heterocycles. The molecule has 44 heavy (non-hydrogen) atoms. The standard InChI is InChI=1S/C33H33F2N3O6/c1-20(37-32(40)33(2,34)35)31(23-6-9-29-30(17-23)43-13-12-42-29)44-26-7-8-27-24(16-26)18-36-38(27)25-5-3-4-22(15-25)28(39)14-21-10-11-41-19-21/h3-9,15-18,20-21,31H,10-14,19H2,1-2H3,(H,37,40)/t20-,21-,31-/m0/s1. The molecule has 11 heteroatoms. The zero-order chi connectivity index (χ0) is 30.8. The van der Waals surface area contributed by atoms with Gasteiger partial charge in [0.15, 0.2) is 17.3 Å². The maximum absolute atomic E-state index is 13.7. The molecule has 3 aromatic carbocycles. The average Bonchev–Trinajstić information content (AvgIpc) is 3.69. The highest BCUT2D eigenvalue weighted by Crippen LogP contribution is 2.36. The van der Waals surface area contributed by atoms with E-state index in [2.05, 4.69) is 10.4 Å². The summed E-state index contributed by atoms with van der Waals surface area (Å²) in [6.45, 7) is 4.28.